The second-order valence-corrected chi connectivity index (χ2v) is 7.92. The van der Waals surface area contributed by atoms with Crippen molar-refractivity contribution in [2.45, 2.75) is 6.42 Å². The molecule has 0 bridgehead atoms. The summed E-state index contributed by atoms with van der Waals surface area (Å²) in [4.78, 5) is 28.2. The van der Waals surface area contributed by atoms with Gasteiger partial charge in [0, 0.05) is 22.9 Å². The summed E-state index contributed by atoms with van der Waals surface area (Å²) >= 11 is 7.53. The average Bonchev–Trinajstić information content (AvgIpc) is 3.40. The molecule has 2 heterocycles. The fraction of sp³-hybridized carbons (Fsp3) is 0.190. The van der Waals surface area contributed by atoms with Crippen molar-refractivity contribution in [2.24, 2.45) is 5.73 Å². The lowest BCUT2D eigenvalue weighted by molar-refractivity contribution is -0.119. The minimum atomic E-state index is -0.657. The van der Waals surface area contributed by atoms with Crippen molar-refractivity contribution >= 4 is 39.9 Å². The van der Waals surface area contributed by atoms with Crippen molar-refractivity contribution in [1.82, 2.24) is 4.98 Å². The number of benzene rings is 2. The molecule has 1 aliphatic rings. The van der Waals surface area contributed by atoms with Gasteiger partial charge in [-0.05, 0) is 35.9 Å². The molecule has 2 amide bonds. The van der Waals surface area contributed by atoms with Crippen molar-refractivity contribution in [3.05, 3.63) is 51.9 Å². The lowest BCUT2D eigenvalue weighted by atomic mass is 10.1. The van der Waals surface area contributed by atoms with Crippen LogP contribution in [0.1, 0.15) is 15.9 Å². The van der Waals surface area contributed by atoms with Crippen LogP contribution in [0, 0.1) is 0 Å². The van der Waals surface area contributed by atoms with Crippen LogP contribution in [0.2, 0.25) is 5.02 Å². The maximum atomic E-state index is 12.7. The highest BCUT2D eigenvalue weighted by molar-refractivity contribution is 7.14. The van der Waals surface area contributed by atoms with Crippen LogP contribution in [0.4, 0.5) is 5.13 Å². The predicted molar refractivity (Wildman–Crippen MR) is 117 cm³/mol. The summed E-state index contributed by atoms with van der Waals surface area (Å²) in [5, 5.41) is 5.20. The third-order valence-electron chi connectivity index (χ3n) is 4.56. The van der Waals surface area contributed by atoms with E-state index in [0.29, 0.717) is 11.7 Å². The number of carbonyl (C=O) groups excluding carboxylic acids is 2. The standard InChI is InChI=1S/C21H18ClN3O5S/c1-28-17-8-13(7-14(22)19(17)30-9-18(23)26)20(27)25-21-24-15(10-31-21)11-2-3-16-12(6-11)4-5-29-16/h2-3,6-8,10H,4-5,9H2,1H3,(H2,23,26)(H,24,25,27). The molecule has 0 spiro atoms. The first-order valence-corrected chi connectivity index (χ1v) is 10.5. The lowest BCUT2D eigenvalue weighted by Gasteiger charge is -2.13. The summed E-state index contributed by atoms with van der Waals surface area (Å²) in [6, 6.07) is 8.82. The number of rotatable bonds is 7. The van der Waals surface area contributed by atoms with Crippen molar-refractivity contribution < 1.29 is 23.8 Å². The number of hydrogen-bond donors (Lipinski definition) is 2. The van der Waals surface area contributed by atoms with Crippen molar-refractivity contribution in [3.63, 3.8) is 0 Å². The minimum Gasteiger partial charge on any atom is -0.493 e. The largest absolute Gasteiger partial charge is 0.493 e. The summed E-state index contributed by atoms with van der Waals surface area (Å²) < 4.78 is 16.0. The molecule has 31 heavy (non-hydrogen) atoms. The maximum Gasteiger partial charge on any atom is 0.257 e. The number of primary amides is 1. The molecule has 160 valence electrons. The van der Waals surface area contributed by atoms with Gasteiger partial charge in [0.2, 0.25) is 0 Å². The van der Waals surface area contributed by atoms with Crippen LogP contribution in [-0.2, 0) is 11.2 Å². The average molecular weight is 460 g/mol. The predicted octanol–water partition coefficient (Wildman–Crippen LogP) is 3.52. The third-order valence-corrected chi connectivity index (χ3v) is 5.60. The number of nitrogens with two attached hydrogens (primary N) is 1. The van der Waals surface area contributed by atoms with Gasteiger partial charge >= 0.3 is 0 Å². The summed E-state index contributed by atoms with van der Waals surface area (Å²) in [6.45, 7) is 0.327. The van der Waals surface area contributed by atoms with Crippen LogP contribution in [0.3, 0.4) is 0 Å². The van der Waals surface area contributed by atoms with Crippen LogP contribution in [0.15, 0.2) is 35.7 Å². The van der Waals surface area contributed by atoms with E-state index in [4.69, 9.17) is 31.5 Å². The second kappa shape index (κ2) is 8.83. The highest BCUT2D eigenvalue weighted by atomic mass is 35.5. The summed E-state index contributed by atoms with van der Waals surface area (Å²) in [5.41, 5.74) is 8.22. The number of halogens is 1. The first-order chi connectivity index (χ1) is 14.9. The van der Waals surface area contributed by atoms with E-state index in [2.05, 4.69) is 16.4 Å². The fourth-order valence-electron chi connectivity index (χ4n) is 3.11. The van der Waals surface area contributed by atoms with Crippen LogP contribution >= 0.6 is 22.9 Å². The minimum absolute atomic E-state index is 0.117. The van der Waals surface area contributed by atoms with Crippen molar-refractivity contribution in [3.8, 4) is 28.5 Å². The Labute approximate surface area is 186 Å². The number of aromatic nitrogens is 1. The molecule has 2 aromatic carbocycles. The number of anilines is 1. The molecule has 0 saturated carbocycles. The van der Waals surface area contributed by atoms with E-state index in [0.717, 1.165) is 29.0 Å². The number of hydrogen-bond acceptors (Lipinski definition) is 7. The normalized spacial score (nSPS) is 12.1. The van der Waals surface area contributed by atoms with Crippen LogP contribution < -0.4 is 25.3 Å². The van der Waals surface area contributed by atoms with Gasteiger partial charge in [0.15, 0.2) is 23.2 Å². The first-order valence-electron chi connectivity index (χ1n) is 9.26. The number of nitrogens with one attached hydrogen (secondary N) is 1. The van der Waals surface area contributed by atoms with E-state index in [1.54, 1.807) is 0 Å². The number of carbonyl (C=O) groups is 2. The number of thiazole rings is 1. The molecular formula is C21H18ClN3O5S. The van der Waals surface area contributed by atoms with Crippen molar-refractivity contribution in [2.75, 3.05) is 25.6 Å². The van der Waals surface area contributed by atoms with Gasteiger partial charge in [-0.3, -0.25) is 14.9 Å². The summed E-state index contributed by atoms with van der Waals surface area (Å²) in [7, 11) is 1.40. The maximum absolute atomic E-state index is 12.7. The molecule has 10 heteroatoms. The zero-order valence-electron chi connectivity index (χ0n) is 16.4. The number of amides is 2. The van der Waals surface area contributed by atoms with Gasteiger partial charge in [0.05, 0.1) is 24.4 Å². The molecule has 0 aliphatic carbocycles. The second-order valence-electron chi connectivity index (χ2n) is 6.66. The topological polar surface area (TPSA) is 113 Å². The lowest BCUT2D eigenvalue weighted by Crippen LogP contribution is -2.20. The summed E-state index contributed by atoms with van der Waals surface area (Å²) in [5.74, 6) is 0.178. The van der Waals surface area contributed by atoms with Gasteiger partial charge in [-0.25, -0.2) is 4.98 Å². The molecule has 1 aromatic heterocycles. The smallest absolute Gasteiger partial charge is 0.257 e. The fourth-order valence-corrected chi connectivity index (χ4v) is 4.09. The molecule has 8 nitrogen and oxygen atoms in total. The van der Waals surface area contributed by atoms with Gasteiger partial charge in [0.25, 0.3) is 11.8 Å². The molecule has 1 aliphatic heterocycles. The monoisotopic (exact) mass is 459 g/mol. The SMILES string of the molecule is COc1cc(C(=O)Nc2nc(-c3ccc4c(c3)CCO4)cs2)cc(Cl)c1OCC(N)=O. The van der Waals surface area contributed by atoms with Crippen LogP contribution in [-0.4, -0.2) is 37.1 Å². The van der Waals surface area contributed by atoms with E-state index >= 15 is 0 Å². The van der Waals surface area contributed by atoms with E-state index in [1.165, 1.54) is 30.6 Å². The molecule has 0 atom stereocenters. The zero-order valence-corrected chi connectivity index (χ0v) is 18.0. The van der Waals surface area contributed by atoms with E-state index in [1.807, 2.05) is 17.5 Å². The number of ether oxygens (including phenoxy) is 3. The number of nitrogens with zero attached hydrogens (tertiary/aromatic N) is 1. The Balaban J connectivity index is 1.51. The summed E-state index contributed by atoms with van der Waals surface area (Å²) in [6.07, 6.45) is 0.874. The van der Waals surface area contributed by atoms with E-state index < -0.39 is 11.8 Å². The molecule has 0 saturated heterocycles. The van der Waals surface area contributed by atoms with Crippen molar-refractivity contribution in [1.29, 1.82) is 0 Å². The molecule has 0 unspecified atom stereocenters. The Morgan fingerprint density at radius 2 is 2.16 bits per heavy atom. The molecule has 3 aromatic rings. The van der Waals surface area contributed by atoms with E-state index in [-0.39, 0.29) is 28.7 Å². The Morgan fingerprint density at radius 3 is 2.94 bits per heavy atom. The molecule has 3 N–H and O–H groups in total. The number of methoxy groups -OCH3 is 1. The van der Waals surface area contributed by atoms with Gasteiger partial charge in [0.1, 0.15) is 5.75 Å². The highest BCUT2D eigenvalue weighted by Gasteiger charge is 2.18. The highest BCUT2D eigenvalue weighted by Crippen LogP contribution is 2.37. The van der Waals surface area contributed by atoms with Gasteiger partial charge in [-0.15, -0.1) is 11.3 Å². The van der Waals surface area contributed by atoms with Gasteiger partial charge < -0.3 is 19.9 Å². The molecule has 0 radical (unpaired) electrons. The zero-order chi connectivity index (χ0) is 22.0. The van der Waals surface area contributed by atoms with Crippen LogP contribution in [0.5, 0.6) is 17.2 Å². The molecule has 0 fully saturated rings. The molecular weight excluding hydrogens is 442 g/mol. The Bertz CT molecular complexity index is 1160. The Morgan fingerprint density at radius 1 is 1.32 bits per heavy atom. The molecule has 4 rings (SSSR count). The third kappa shape index (κ3) is 4.57. The Kier molecular flexibility index (Phi) is 5.97. The van der Waals surface area contributed by atoms with Crippen LogP contribution in [0.25, 0.3) is 11.3 Å². The quantitative estimate of drug-likeness (QED) is 0.559. The number of fused-ring (bicyclic) bond motifs is 1. The Hall–Kier alpha value is -3.30. The van der Waals surface area contributed by atoms with E-state index in [9.17, 15) is 9.59 Å². The van der Waals surface area contributed by atoms with Gasteiger partial charge in [-0.1, -0.05) is 11.6 Å². The van der Waals surface area contributed by atoms with Gasteiger partial charge in [-0.2, -0.15) is 0 Å². The first kappa shape index (κ1) is 21.0.